The molecule has 0 fully saturated rings. The molecule has 66 valence electrons. The molecule has 0 atom stereocenters. The Morgan fingerprint density at radius 3 is 2.42 bits per heavy atom. The molecule has 12 heavy (non-hydrogen) atoms. The van der Waals surface area contributed by atoms with E-state index < -0.39 is 0 Å². The van der Waals surface area contributed by atoms with E-state index in [0.29, 0.717) is 5.92 Å². The molecule has 0 spiro atoms. The van der Waals surface area contributed by atoms with Crippen LogP contribution in [0.3, 0.4) is 0 Å². The van der Waals surface area contributed by atoms with Crippen molar-refractivity contribution in [3.05, 3.63) is 23.0 Å². The molecule has 0 bridgehead atoms. The SMILES string of the molecule is Cc1ncc(C(C)C)c(C)c1N. The number of anilines is 1. The molecule has 1 heterocycles. The lowest BCUT2D eigenvalue weighted by atomic mass is 9.99. The van der Waals surface area contributed by atoms with Crippen molar-refractivity contribution in [2.75, 3.05) is 5.73 Å². The number of rotatable bonds is 1. The van der Waals surface area contributed by atoms with Crippen molar-refractivity contribution in [3.8, 4) is 0 Å². The molecule has 0 saturated heterocycles. The highest BCUT2D eigenvalue weighted by Crippen LogP contribution is 2.23. The number of hydrogen-bond acceptors (Lipinski definition) is 2. The van der Waals surface area contributed by atoms with Crippen molar-refractivity contribution >= 4 is 5.69 Å². The first-order chi connectivity index (χ1) is 5.54. The maximum atomic E-state index is 5.86. The fraction of sp³-hybridized carbons (Fsp3) is 0.500. The first-order valence-corrected chi connectivity index (χ1v) is 4.25. The second-order valence-corrected chi connectivity index (χ2v) is 3.49. The topological polar surface area (TPSA) is 38.9 Å². The van der Waals surface area contributed by atoms with E-state index in [1.165, 1.54) is 11.1 Å². The number of aryl methyl sites for hydroxylation is 1. The van der Waals surface area contributed by atoms with Gasteiger partial charge in [0.25, 0.3) is 0 Å². The average Bonchev–Trinajstić information content (AvgIpc) is 2.00. The van der Waals surface area contributed by atoms with E-state index in [0.717, 1.165) is 11.4 Å². The zero-order valence-corrected chi connectivity index (χ0v) is 8.18. The van der Waals surface area contributed by atoms with E-state index in [4.69, 9.17) is 5.73 Å². The minimum absolute atomic E-state index is 0.500. The summed E-state index contributed by atoms with van der Waals surface area (Å²) in [6.45, 7) is 8.30. The van der Waals surface area contributed by atoms with E-state index in [1.54, 1.807) is 0 Å². The van der Waals surface area contributed by atoms with Gasteiger partial charge >= 0.3 is 0 Å². The summed E-state index contributed by atoms with van der Waals surface area (Å²) in [7, 11) is 0. The van der Waals surface area contributed by atoms with Crippen molar-refractivity contribution < 1.29 is 0 Å². The van der Waals surface area contributed by atoms with Gasteiger partial charge in [-0.05, 0) is 30.9 Å². The lowest BCUT2D eigenvalue weighted by molar-refractivity contribution is 0.846. The van der Waals surface area contributed by atoms with Crippen LogP contribution in [0.15, 0.2) is 6.20 Å². The highest BCUT2D eigenvalue weighted by atomic mass is 14.7. The molecule has 0 radical (unpaired) electrons. The molecule has 1 rings (SSSR count). The third kappa shape index (κ3) is 1.42. The zero-order chi connectivity index (χ0) is 9.30. The highest BCUT2D eigenvalue weighted by Gasteiger charge is 2.07. The Balaban J connectivity index is 3.27. The molecular formula is C10H16N2. The Kier molecular flexibility index (Phi) is 2.36. The first kappa shape index (κ1) is 9.04. The number of pyridine rings is 1. The Labute approximate surface area is 73.8 Å². The van der Waals surface area contributed by atoms with Crippen LogP contribution in [-0.4, -0.2) is 4.98 Å². The van der Waals surface area contributed by atoms with Gasteiger partial charge < -0.3 is 5.73 Å². The van der Waals surface area contributed by atoms with Crippen LogP contribution in [-0.2, 0) is 0 Å². The van der Waals surface area contributed by atoms with Gasteiger partial charge in [0.05, 0.1) is 11.4 Å². The molecule has 0 aliphatic carbocycles. The van der Waals surface area contributed by atoms with E-state index in [-0.39, 0.29) is 0 Å². The fourth-order valence-corrected chi connectivity index (χ4v) is 1.34. The Hall–Kier alpha value is -1.05. The number of nitrogens with zero attached hydrogens (tertiary/aromatic N) is 1. The molecule has 2 nitrogen and oxygen atoms in total. The van der Waals surface area contributed by atoms with Crippen LogP contribution in [0.1, 0.15) is 36.6 Å². The molecule has 0 unspecified atom stereocenters. The quantitative estimate of drug-likeness (QED) is 0.692. The predicted octanol–water partition coefficient (Wildman–Crippen LogP) is 2.40. The van der Waals surface area contributed by atoms with Crippen LogP contribution in [0.4, 0.5) is 5.69 Å². The van der Waals surface area contributed by atoms with Crippen molar-refractivity contribution in [1.82, 2.24) is 4.98 Å². The maximum Gasteiger partial charge on any atom is 0.0604 e. The molecule has 1 aromatic heterocycles. The predicted molar refractivity (Wildman–Crippen MR) is 52.2 cm³/mol. The number of aromatic nitrogens is 1. The minimum atomic E-state index is 0.500. The molecule has 1 aromatic rings. The average molecular weight is 164 g/mol. The Bertz CT molecular complexity index is 290. The van der Waals surface area contributed by atoms with E-state index in [9.17, 15) is 0 Å². The fourth-order valence-electron chi connectivity index (χ4n) is 1.34. The third-order valence-corrected chi connectivity index (χ3v) is 2.25. The van der Waals surface area contributed by atoms with Gasteiger partial charge in [0.1, 0.15) is 0 Å². The summed E-state index contributed by atoms with van der Waals surface area (Å²) in [5.41, 5.74) is 10.0. The highest BCUT2D eigenvalue weighted by molar-refractivity contribution is 5.53. The summed E-state index contributed by atoms with van der Waals surface area (Å²) in [5, 5.41) is 0. The molecule has 0 aliphatic heterocycles. The molecule has 0 aromatic carbocycles. The summed E-state index contributed by atoms with van der Waals surface area (Å²) < 4.78 is 0. The number of nitrogen functional groups attached to an aromatic ring is 1. The monoisotopic (exact) mass is 164 g/mol. The van der Waals surface area contributed by atoms with Crippen molar-refractivity contribution in [2.45, 2.75) is 33.6 Å². The largest absolute Gasteiger partial charge is 0.397 e. The summed E-state index contributed by atoms with van der Waals surface area (Å²) in [5.74, 6) is 0.500. The van der Waals surface area contributed by atoms with E-state index in [1.807, 2.05) is 13.1 Å². The maximum absolute atomic E-state index is 5.86. The van der Waals surface area contributed by atoms with Gasteiger partial charge in [0.15, 0.2) is 0 Å². The van der Waals surface area contributed by atoms with Gasteiger partial charge in [-0.2, -0.15) is 0 Å². The molecule has 2 N–H and O–H groups in total. The summed E-state index contributed by atoms with van der Waals surface area (Å²) >= 11 is 0. The first-order valence-electron chi connectivity index (χ1n) is 4.25. The van der Waals surface area contributed by atoms with Gasteiger partial charge in [-0.1, -0.05) is 13.8 Å². The summed E-state index contributed by atoms with van der Waals surface area (Å²) in [4.78, 5) is 4.24. The zero-order valence-electron chi connectivity index (χ0n) is 8.18. The Morgan fingerprint density at radius 1 is 1.33 bits per heavy atom. The van der Waals surface area contributed by atoms with Crippen LogP contribution in [0, 0.1) is 13.8 Å². The minimum Gasteiger partial charge on any atom is -0.397 e. The van der Waals surface area contributed by atoms with E-state index >= 15 is 0 Å². The van der Waals surface area contributed by atoms with Gasteiger partial charge in [0, 0.05) is 6.20 Å². The number of nitrogens with two attached hydrogens (primary N) is 1. The van der Waals surface area contributed by atoms with Crippen LogP contribution in [0.2, 0.25) is 0 Å². The van der Waals surface area contributed by atoms with Gasteiger partial charge in [-0.15, -0.1) is 0 Å². The van der Waals surface area contributed by atoms with Gasteiger partial charge in [-0.25, -0.2) is 0 Å². The van der Waals surface area contributed by atoms with Crippen LogP contribution in [0.25, 0.3) is 0 Å². The van der Waals surface area contributed by atoms with Crippen LogP contribution in [0.5, 0.6) is 0 Å². The molecule has 0 amide bonds. The summed E-state index contributed by atoms with van der Waals surface area (Å²) in [6.07, 6.45) is 1.92. The lowest BCUT2D eigenvalue weighted by Gasteiger charge is -2.12. The van der Waals surface area contributed by atoms with Crippen LogP contribution >= 0.6 is 0 Å². The standard InChI is InChI=1S/C10H16N2/c1-6(2)9-5-12-8(4)10(11)7(9)3/h5-6H,11H2,1-4H3. The number of hydrogen-bond donors (Lipinski definition) is 1. The van der Waals surface area contributed by atoms with Crippen molar-refractivity contribution in [1.29, 1.82) is 0 Å². The lowest BCUT2D eigenvalue weighted by Crippen LogP contribution is -2.02. The van der Waals surface area contributed by atoms with Crippen molar-refractivity contribution in [3.63, 3.8) is 0 Å². The molecule has 0 aliphatic rings. The summed E-state index contributed by atoms with van der Waals surface area (Å²) in [6, 6.07) is 0. The Morgan fingerprint density at radius 2 is 1.92 bits per heavy atom. The molecule has 0 saturated carbocycles. The molecular weight excluding hydrogens is 148 g/mol. The molecule has 2 heteroatoms. The van der Waals surface area contributed by atoms with Crippen LogP contribution < -0.4 is 5.73 Å². The second kappa shape index (κ2) is 3.13. The van der Waals surface area contributed by atoms with E-state index in [2.05, 4.69) is 25.8 Å². The smallest absolute Gasteiger partial charge is 0.0604 e. The third-order valence-electron chi connectivity index (χ3n) is 2.25. The van der Waals surface area contributed by atoms with Gasteiger partial charge in [0.2, 0.25) is 0 Å². The van der Waals surface area contributed by atoms with Gasteiger partial charge in [-0.3, -0.25) is 4.98 Å². The normalized spacial score (nSPS) is 10.8. The second-order valence-electron chi connectivity index (χ2n) is 3.49. The van der Waals surface area contributed by atoms with Crippen molar-refractivity contribution in [2.24, 2.45) is 0 Å².